The fourth-order valence-electron chi connectivity index (χ4n) is 1.93. The van der Waals surface area contributed by atoms with Crippen molar-refractivity contribution in [3.05, 3.63) is 64.4 Å². The number of hydrogen-bond donors (Lipinski definition) is 1. The number of benzene rings is 2. The van der Waals surface area contributed by atoms with E-state index in [0.29, 0.717) is 22.6 Å². The van der Waals surface area contributed by atoms with Gasteiger partial charge in [-0.1, -0.05) is 23.7 Å². The standard InChI is InChI=1S/C17H14ClFO4/c1-22-15-9-11(5-6-16(20)21)8-14(18)17(15)23-10-12-3-2-4-13(19)7-12/h2-9H,10H2,1H3,(H,20,21)/b6-5+. The average Bonchev–Trinajstić information content (AvgIpc) is 2.51. The molecule has 0 aliphatic heterocycles. The van der Waals surface area contributed by atoms with Crippen molar-refractivity contribution in [2.45, 2.75) is 6.61 Å². The molecule has 2 aromatic rings. The maximum atomic E-state index is 13.2. The zero-order valence-electron chi connectivity index (χ0n) is 12.3. The highest BCUT2D eigenvalue weighted by Gasteiger charge is 2.12. The van der Waals surface area contributed by atoms with E-state index < -0.39 is 5.97 Å². The first-order valence-electron chi connectivity index (χ1n) is 6.65. The first-order valence-corrected chi connectivity index (χ1v) is 7.03. The lowest BCUT2D eigenvalue weighted by Crippen LogP contribution is -1.99. The summed E-state index contributed by atoms with van der Waals surface area (Å²) in [5.74, 6) is -0.741. The van der Waals surface area contributed by atoms with Gasteiger partial charge in [-0.15, -0.1) is 0 Å². The molecular weight excluding hydrogens is 323 g/mol. The Kier molecular flexibility index (Phi) is 5.60. The van der Waals surface area contributed by atoms with Crippen molar-refractivity contribution in [2.24, 2.45) is 0 Å². The summed E-state index contributed by atoms with van der Waals surface area (Å²) in [6.07, 6.45) is 2.39. The molecule has 0 aliphatic rings. The Bertz CT molecular complexity index is 743. The molecular formula is C17H14ClFO4. The molecule has 0 fully saturated rings. The summed E-state index contributed by atoms with van der Waals surface area (Å²) in [7, 11) is 1.45. The molecule has 0 amide bonds. The number of carboxylic acid groups (broad SMARTS) is 1. The number of carbonyl (C=O) groups is 1. The van der Waals surface area contributed by atoms with Gasteiger partial charge in [-0.3, -0.25) is 0 Å². The third-order valence-electron chi connectivity index (χ3n) is 2.94. The van der Waals surface area contributed by atoms with Crippen LogP contribution < -0.4 is 9.47 Å². The Labute approximate surface area is 137 Å². The maximum Gasteiger partial charge on any atom is 0.328 e. The van der Waals surface area contributed by atoms with Crippen LogP contribution in [0.4, 0.5) is 4.39 Å². The van der Waals surface area contributed by atoms with Gasteiger partial charge < -0.3 is 14.6 Å². The van der Waals surface area contributed by atoms with Gasteiger partial charge in [0, 0.05) is 6.08 Å². The number of methoxy groups -OCH3 is 1. The van der Waals surface area contributed by atoms with Crippen molar-refractivity contribution in [1.82, 2.24) is 0 Å². The van der Waals surface area contributed by atoms with Gasteiger partial charge in [-0.25, -0.2) is 9.18 Å². The van der Waals surface area contributed by atoms with Crippen molar-refractivity contribution in [1.29, 1.82) is 0 Å². The van der Waals surface area contributed by atoms with E-state index in [9.17, 15) is 9.18 Å². The van der Waals surface area contributed by atoms with Crippen molar-refractivity contribution in [2.75, 3.05) is 7.11 Å². The molecule has 0 bridgehead atoms. The van der Waals surface area contributed by atoms with Crippen molar-refractivity contribution < 1.29 is 23.8 Å². The van der Waals surface area contributed by atoms with Gasteiger partial charge in [0.2, 0.25) is 0 Å². The van der Waals surface area contributed by atoms with Gasteiger partial charge in [0.15, 0.2) is 11.5 Å². The number of ether oxygens (including phenoxy) is 2. The summed E-state index contributed by atoms with van der Waals surface area (Å²) in [6.45, 7) is 0.123. The number of carboxylic acids is 1. The smallest absolute Gasteiger partial charge is 0.328 e. The van der Waals surface area contributed by atoms with E-state index >= 15 is 0 Å². The lowest BCUT2D eigenvalue weighted by atomic mass is 10.2. The van der Waals surface area contributed by atoms with Crippen LogP contribution in [-0.4, -0.2) is 18.2 Å². The highest BCUT2D eigenvalue weighted by molar-refractivity contribution is 6.32. The third-order valence-corrected chi connectivity index (χ3v) is 3.22. The molecule has 0 aromatic heterocycles. The van der Waals surface area contributed by atoms with Crippen LogP contribution in [0.2, 0.25) is 5.02 Å². The highest BCUT2D eigenvalue weighted by atomic mass is 35.5. The van der Waals surface area contributed by atoms with E-state index in [0.717, 1.165) is 6.08 Å². The summed E-state index contributed by atoms with van der Waals surface area (Å²) in [5, 5.41) is 8.92. The molecule has 0 unspecified atom stereocenters. The maximum absolute atomic E-state index is 13.2. The van der Waals surface area contributed by atoms with Crippen LogP contribution in [0.15, 0.2) is 42.5 Å². The Morgan fingerprint density at radius 1 is 1.35 bits per heavy atom. The fraction of sp³-hybridized carbons (Fsp3) is 0.118. The minimum Gasteiger partial charge on any atom is -0.493 e. The molecule has 0 aliphatic carbocycles. The van der Waals surface area contributed by atoms with E-state index in [4.69, 9.17) is 26.2 Å². The van der Waals surface area contributed by atoms with Crippen LogP contribution in [0.1, 0.15) is 11.1 Å². The molecule has 0 saturated heterocycles. The number of rotatable bonds is 6. The van der Waals surface area contributed by atoms with E-state index in [-0.39, 0.29) is 17.4 Å². The number of hydrogen-bond acceptors (Lipinski definition) is 3. The number of halogens is 2. The van der Waals surface area contributed by atoms with Crippen LogP contribution >= 0.6 is 11.6 Å². The Hall–Kier alpha value is -2.53. The molecule has 0 heterocycles. The predicted molar refractivity (Wildman–Crippen MR) is 85.4 cm³/mol. The topological polar surface area (TPSA) is 55.8 Å². The second-order valence-corrected chi connectivity index (χ2v) is 5.03. The normalized spacial score (nSPS) is 10.7. The summed E-state index contributed by atoms with van der Waals surface area (Å²) in [5.41, 5.74) is 1.21. The molecule has 23 heavy (non-hydrogen) atoms. The Balaban J connectivity index is 2.22. The van der Waals surface area contributed by atoms with Gasteiger partial charge in [0.1, 0.15) is 12.4 Å². The summed E-state index contributed by atoms with van der Waals surface area (Å²) in [4.78, 5) is 10.6. The van der Waals surface area contributed by atoms with Gasteiger partial charge in [0.25, 0.3) is 0 Å². The first-order chi connectivity index (χ1) is 11.0. The van der Waals surface area contributed by atoms with Gasteiger partial charge in [-0.05, 0) is 41.5 Å². The lowest BCUT2D eigenvalue weighted by Gasteiger charge is -2.13. The molecule has 0 spiro atoms. The Morgan fingerprint density at radius 3 is 2.78 bits per heavy atom. The average molecular weight is 337 g/mol. The molecule has 120 valence electrons. The van der Waals surface area contributed by atoms with E-state index in [1.165, 1.54) is 25.3 Å². The summed E-state index contributed by atoms with van der Waals surface area (Å²) >= 11 is 6.17. The monoisotopic (exact) mass is 336 g/mol. The van der Waals surface area contributed by atoms with Crippen LogP contribution in [0.25, 0.3) is 6.08 Å². The van der Waals surface area contributed by atoms with Gasteiger partial charge in [-0.2, -0.15) is 0 Å². The first kappa shape index (κ1) is 16.8. The van der Waals surface area contributed by atoms with Gasteiger partial charge >= 0.3 is 5.97 Å². The van der Waals surface area contributed by atoms with E-state index in [2.05, 4.69) is 0 Å². The second kappa shape index (κ2) is 7.65. The molecule has 0 saturated carbocycles. The van der Waals surface area contributed by atoms with E-state index in [1.54, 1.807) is 24.3 Å². The molecule has 2 aromatic carbocycles. The molecule has 0 radical (unpaired) electrons. The van der Waals surface area contributed by atoms with Crippen LogP contribution in [-0.2, 0) is 11.4 Å². The fourth-order valence-corrected chi connectivity index (χ4v) is 2.20. The van der Waals surface area contributed by atoms with Crippen molar-refractivity contribution >= 4 is 23.6 Å². The quantitative estimate of drug-likeness (QED) is 0.805. The molecule has 4 nitrogen and oxygen atoms in total. The lowest BCUT2D eigenvalue weighted by molar-refractivity contribution is -0.131. The van der Waals surface area contributed by atoms with E-state index in [1.807, 2.05) is 0 Å². The largest absolute Gasteiger partial charge is 0.493 e. The zero-order valence-corrected chi connectivity index (χ0v) is 13.0. The highest BCUT2D eigenvalue weighted by Crippen LogP contribution is 2.37. The second-order valence-electron chi connectivity index (χ2n) is 4.62. The molecule has 6 heteroatoms. The minimum atomic E-state index is -1.06. The van der Waals surface area contributed by atoms with Gasteiger partial charge in [0.05, 0.1) is 12.1 Å². The van der Waals surface area contributed by atoms with Crippen molar-refractivity contribution in [3.8, 4) is 11.5 Å². The SMILES string of the molecule is COc1cc(/C=C/C(=O)O)cc(Cl)c1OCc1cccc(F)c1. The van der Waals surface area contributed by atoms with Crippen LogP contribution in [0.3, 0.4) is 0 Å². The molecule has 2 rings (SSSR count). The third kappa shape index (κ3) is 4.72. The van der Waals surface area contributed by atoms with Crippen molar-refractivity contribution in [3.63, 3.8) is 0 Å². The summed E-state index contributed by atoms with van der Waals surface area (Å²) < 4.78 is 24.0. The zero-order chi connectivity index (χ0) is 16.8. The predicted octanol–water partition coefficient (Wildman–Crippen LogP) is 4.16. The molecule has 1 N–H and O–H groups in total. The molecule has 0 atom stereocenters. The van der Waals surface area contributed by atoms with Crippen LogP contribution in [0.5, 0.6) is 11.5 Å². The Morgan fingerprint density at radius 2 is 2.13 bits per heavy atom. The number of aliphatic carboxylic acids is 1. The summed E-state index contributed by atoms with van der Waals surface area (Å²) in [6, 6.07) is 9.20. The minimum absolute atomic E-state index is 0.123. The van der Waals surface area contributed by atoms with Crippen LogP contribution in [0, 0.1) is 5.82 Å².